The van der Waals surface area contributed by atoms with E-state index in [-0.39, 0.29) is 29.5 Å². The molecule has 0 aliphatic heterocycles. The summed E-state index contributed by atoms with van der Waals surface area (Å²) in [4.78, 5) is 15.1. The fraction of sp³-hybridized carbons (Fsp3) is 0.250. The van der Waals surface area contributed by atoms with Crippen LogP contribution in [0.25, 0.3) is 11.4 Å². The monoisotopic (exact) mass is 252 g/mol. The molecule has 0 aliphatic carbocycles. The molecule has 1 aromatic heterocycles. The van der Waals surface area contributed by atoms with Gasteiger partial charge in [-0.15, -0.1) is 0 Å². The Morgan fingerprint density at radius 1 is 1.28 bits per heavy atom. The molecule has 0 fully saturated rings. The van der Waals surface area contributed by atoms with Gasteiger partial charge in [-0.3, -0.25) is 4.79 Å². The molecule has 2 rings (SSSR count). The van der Waals surface area contributed by atoms with Crippen molar-refractivity contribution in [3.8, 4) is 11.4 Å². The van der Waals surface area contributed by atoms with Crippen LogP contribution >= 0.6 is 0 Å². The molecule has 6 heteroatoms. The minimum Gasteiger partial charge on any atom is -0.339 e. The molecule has 1 aromatic carbocycles. The van der Waals surface area contributed by atoms with Crippen molar-refractivity contribution in [1.82, 2.24) is 10.1 Å². The second-order valence-corrected chi connectivity index (χ2v) is 3.74. The summed E-state index contributed by atoms with van der Waals surface area (Å²) in [6.45, 7) is 1.72. The number of halogens is 2. The molecule has 0 amide bonds. The van der Waals surface area contributed by atoms with Crippen LogP contribution in [-0.4, -0.2) is 15.9 Å². The van der Waals surface area contributed by atoms with Gasteiger partial charge in [-0.1, -0.05) is 12.1 Å². The number of benzene rings is 1. The number of nitrogens with zero attached hydrogens (tertiary/aromatic N) is 2. The van der Waals surface area contributed by atoms with Crippen molar-refractivity contribution in [3.63, 3.8) is 0 Å². The van der Waals surface area contributed by atoms with Crippen LogP contribution in [0.1, 0.15) is 19.2 Å². The van der Waals surface area contributed by atoms with E-state index < -0.39 is 11.6 Å². The van der Waals surface area contributed by atoms with Crippen LogP contribution in [0.15, 0.2) is 22.7 Å². The zero-order valence-corrected chi connectivity index (χ0v) is 9.61. The molecule has 0 saturated carbocycles. The van der Waals surface area contributed by atoms with Gasteiger partial charge in [0.25, 0.3) is 0 Å². The molecule has 18 heavy (non-hydrogen) atoms. The fourth-order valence-electron chi connectivity index (χ4n) is 1.42. The quantitative estimate of drug-likeness (QED) is 0.839. The second-order valence-electron chi connectivity index (χ2n) is 3.74. The van der Waals surface area contributed by atoms with Gasteiger partial charge in [0.05, 0.1) is 6.42 Å². The number of aromatic nitrogens is 2. The lowest BCUT2D eigenvalue weighted by atomic mass is 10.2. The Balaban J connectivity index is 2.26. The molecule has 2 aromatic rings. The minimum atomic E-state index is -0.721. The van der Waals surface area contributed by atoms with Crippen LogP contribution in [-0.2, 0) is 11.2 Å². The Morgan fingerprint density at radius 2 is 1.94 bits per heavy atom. The summed E-state index contributed by atoms with van der Waals surface area (Å²) in [6, 6.07) is 2.95. The largest absolute Gasteiger partial charge is 0.339 e. The van der Waals surface area contributed by atoms with Gasteiger partial charge in [-0.05, 0) is 12.1 Å². The van der Waals surface area contributed by atoms with Crippen LogP contribution in [0.2, 0.25) is 0 Å². The highest BCUT2D eigenvalue weighted by Crippen LogP contribution is 2.18. The van der Waals surface area contributed by atoms with Crippen molar-refractivity contribution in [3.05, 3.63) is 35.7 Å². The Morgan fingerprint density at radius 3 is 2.56 bits per heavy atom. The lowest BCUT2D eigenvalue weighted by Crippen LogP contribution is -2.00. The molecule has 94 valence electrons. The predicted octanol–water partition coefficient (Wildman–Crippen LogP) is 2.54. The fourth-order valence-corrected chi connectivity index (χ4v) is 1.42. The van der Waals surface area contributed by atoms with E-state index in [4.69, 9.17) is 4.52 Å². The van der Waals surface area contributed by atoms with Gasteiger partial charge in [0, 0.05) is 18.1 Å². The number of ketones is 1. The second kappa shape index (κ2) is 5.03. The third kappa shape index (κ3) is 2.77. The predicted molar refractivity (Wildman–Crippen MR) is 58.7 cm³/mol. The molecule has 0 saturated heterocycles. The molecule has 0 radical (unpaired) electrons. The van der Waals surface area contributed by atoms with Gasteiger partial charge < -0.3 is 4.52 Å². The van der Waals surface area contributed by atoms with Gasteiger partial charge in [0.15, 0.2) is 0 Å². The summed E-state index contributed by atoms with van der Waals surface area (Å²) in [7, 11) is 0. The maximum atomic E-state index is 13.0. The molecular formula is C12H10F2N2O2. The van der Waals surface area contributed by atoms with Crippen LogP contribution in [0, 0.1) is 11.6 Å². The maximum absolute atomic E-state index is 13.0. The van der Waals surface area contributed by atoms with Crippen molar-refractivity contribution >= 4 is 5.78 Å². The van der Waals surface area contributed by atoms with Crippen LogP contribution in [0.3, 0.4) is 0 Å². The van der Waals surface area contributed by atoms with E-state index >= 15 is 0 Å². The summed E-state index contributed by atoms with van der Waals surface area (Å²) in [5.74, 6) is -1.29. The standard InChI is InChI=1S/C12H10F2N2O2/c1-2-10(17)6-11-15-12(16-18-11)7-3-8(13)5-9(14)4-7/h3-5H,2,6H2,1H3. The van der Waals surface area contributed by atoms with E-state index in [2.05, 4.69) is 10.1 Å². The molecule has 4 nitrogen and oxygen atoms in total. The Kier molecular flexibility index (Phi) is 3.45. The molecule has 0 spiro atoms. The zero-order chi connectivity index (χ0) is 13.1. The topological polar surface area (TPSA) is 56.0 Å². The summed E-state index contributed by atoms with van der Waals surface area (Å²) in [5.41, 5.74) is 0.173. The van der Waals surface area contributed by atoms with Gasteiger partial charge in [-0.25, -0.2) is 8.78 Å². The number of hydrogen-bond acceptors (Lipinski definition) is 4. The normalized spacial score (nSPS) is 10.6. The van der Waals surface area contributed by atoms with Gasteiger partial charge in [0.2, 0.25) is 11.7 Å². The highest BCUT2D eigenvalue weighted by Gasteiger charge is 2.13. The van der Waals surface area contributed by atoms with E-state index in [1.54, 1.807) is 6.92 Å². The summed E-state index contributed by atoms with van der Waals surface area (Å²) >= 11 is 0. The molecule has 1 heterocycles. The lowest BCUT2D eigenvalue weighted by molar-refractivity contribution is -0.118. The van der Waals surface area contributed by atoms with E-state index in [1.165, 1.54) is 0 Å². The molecule has 0 bridgehead atoms. The van der Waals surface area contributed by atoms with E-state index in [9.17, 15) is 13.6 Å². The molecule has 0 atom stereocenters. The van der Waals surface area contributed by atoms with Crippen molar-refractivity contribution in [2.45, 2.75) is 19.8 Å². The Hall–Kier alpha value is -2.11. The summed E-state index contributed by atoms with van der Waals surface area (Å²) in [5, 5.41) is 3.58. The number of carbonyl (C=O) groups is 1. The number of carbonyl (C=O) groups excluding carboxylic acids is 1. The van der Waals surface area contributed by atoms with E-state index in [0.29, 0.717) is 6.42 Å². The summed E-state index contributed by atoms with van der Waals surface area (Å²) in [6.07, 6.45) is 0.396. The minimum absolute atomic E-state index is 0.0291. The summed E-state index contributed by atoms with van der Waals surface area (Å²) < 4.78 is 30.9. The SMILES string of the molecule is CCC(=O)Cc1nc(-c2cc(F)cc(F)c2)no1. The zero-order valence-electron chi connectivity index (χ0n) is 9.61. The lowest BCUT2D eigenvalue weighted by Gasteiger charge is -1.95. The number of hydrogen-bond donors (Lipinski definition) is 0. The Bertz CT molecular complexity index is 561. The highest BCUT2D eigenvalue weighted by molar-refractivity contribution is 5.79. The van der Waals surface area contributed by atoms with Crippen molar-refractivity contribution in [2.75, 3.05) is 0 Å². The third-order valence-corrected chi connectivity index (χ3v) is 2.33. The third-order valence-electron chi connectivity index (χ3n) is 2.33. The van der Waals surface area contributed by atoms with Crippen LogP contribution < -0.4 is 0 Å². The smallest absolute Gasteiger partial charge is 0.234 e. The van der Waals surface area contributed by atoms with Crippen molar-refractivity contribution < 1.29 is 18.1 Å². The van der Waals surface area contributed by atoms with E-state index in [0.717, 1.165) is 18.2 Å². The van der Waals surface area contributed by atoms with E-state index in [1.807, 2.05) is 0 Å². The van der Waals surface area contributed by atoms with Crippen LogP contribution in [0.5, 0.6) is 0 Å². The van der Waals surface area contributed by atoms with Gasteiger partial charge >= 0.3 is 0 Å². The first-order valence-corrected chi connectivity index (χ1v) is 5.39. The van der Waals surface area contributed by atoms with Crippen molar-refractivity contribution in [1.29, 1.82) is 0 Å². The van der Waals surface area contributed by atoms with Crippen molar-refractivity contribution in [2.24, 2.45) is 0 Å². The molecule has 0 N–H and O–H groups in total. The molecule has 0 aliphatic rings. The maximum Gasteiger partial charge on any atom is 0.234 e. The highest BCUT2D eigenvalue weighted by atomic mass is 19.1. The average molecular weight is 252 g/mol. The van der Waals surface area contributed by atoms with Crippen LogP contribution in [0.4, 0.5) is 8.78 Å². The first-order valence-electron chi connectivity index (χ1n) is 5.39. The Labute approximate surface area is 102 Å². The molecule has 0 unspecified atom stereocenters. The average Bonchev–Trinajstić information content (AvgIpc) is 2.76. The van der Waals surface area contributed by atoms with Gasteiger partial charge in [-0.2, -0.15) is 4.98 Å². The number of rotatable bonds is 4. The van der Waals surface area contributed by atoms with Gasteiger partial charge in [0.1, 0.15) is 17.4 Å². The first-order chi connectivity index (χ1) is 8.58. The number of Topliss-reactive ketones (excluding diaryl/α,β-unsaturated/α-hetero) is 1. The first kappa shape index (κ1) is 12.3. The molecular weight excluding hydrogens is 242 g/mol.